The summed E-state index contributed by atoms with van der Waals surface area (Å²) in [4.78, 5) is 22.5. The van der Waals surface area contributed by atoms with Gasteiger partial charge in [-0.15, -0.1) is 0 Å². The van der Waals surface area contributed by atoms with Crippen molar-refractivity contribution < 1.29 is 14.7 Å². The second-order valence-electron chi connectivity index (χ2n) is 2.36. The monoisotopic (exact) mass is 171 g/mol. The van der Waals surface area contributed by atoms with E-state index in [4.69, 9.17) is 5.11 Å². The second-order valence-corrected chi connectivity index (χ2v) is 2.36. The van der Waals surface area contributed by atoms with Gasteiger partial charge in [0, 0.05) is 6.54 Å². The predicted molar refractivity (Wildman–Crippen MR) is 44.7 cm³/mol. The Labute approximate surface area is 71.5 Å². The fraction of sp³-hybridized carbons (Fsp3) is 0.500. The predicted octanol–water partition coefficient (Wildman–Crippen LogP) is 0.496. The lowest BCUT2D eigenvalue weighted by Gasteiger charge is -2.17. The smallest absolute Gasteiger partial charge is 0.323 e. The van der Waals surface area contributed by atoms with Crippen LogP contribution in [-0.4, -0.2) is 35.0 Å². The zero-order chi connectivity index (χ0) is 9.56. The van der Waals surface area contributed by atoms with E-state index in [0.717, 1.165) is 12.5 Å². The Balaban J connectivity index is 4.11. The summed E-state index contributed by atoms with van der Waals surface area (Å²) < 4.78 is 0. The molecule has 4 heteroatoms. The van der Waals surface area contributed by atoms with Crippen molar-refractivity contribution in [3.63, 3.8) is 0 Å². The highest BCUT2D eigenvalue weighted by Crippen LogP contribution is 1.93. The van der Waals surface area contributed by atoms with Crippen LogP contribution in [0.3, 0.4) is 0 Å². The Kier molecular flexibility index (Phi) is 4.76. The molecule has 0 aromatic rings. The molecule has 1 N–H and O–H groups in total. The molecule has 0 aliphatic heterocycles. The minimum atomic E-state index is -1.00. The van der Waals surface area contributed by atoms with Gasteiger partial charge in [0.2, 0.25) is 5.91 Å². The van der Waals surface area contributed by atoms with E-state index >= 15 is 0 Å². The molecule has 0 bridgehead atoms. The number of rotatable bonds is 5. The first kappa shape index (κ1) is 10.7. The Bertz CT molecular complexity index is 189. The Morgan fingerprint density at radius 2 is 2.17 bits per heavy atom. The maximum Gasteiger partial charge on any atom is 0.323 e. The summed E-state index contributed by atoms with van der Waals surface area (Å²) in [6.07, 6.45) is 1.87. The van der Waals surface area contributed by atoms with Crippen molar-refractivity contribution in [1.82, 2.24) is 4.90 Å². The molecule has 4 nitrogen and oxygen atoms in total. The minimum absolute atomic E-state index is 0.251. The lowest BCUT2D eigenvalue weighted by atomic mass is 10.4. The molecule has 0 aromatic carbocycles. The molecule has 68 valence electrons. The van der Waals surface area contributed by atoms with Crippen molar-refractivity contribution in [2.24, 2.45) is 0 Å². The molecule has 1 amide bonds. The quantitative estimate of drug-likeness (QED) is 0.612. The van der Waals surface area contributed by atoms with Crippen molar-refractivity contribution >= 4 is 11.9 Å². The number of hydrogen-bond donors (Lipinski definition) is 1. The molecule has 0 radical (unpaired) electrons. The van der Waals surface area contributed by atoms with Crippen LogP contribution in [0.15, 0.2) is 12.7 Å². The third kappa shape index (κ3) is 3.75. The molecule has 0 saturated heterocycles. The number of amides is 1. The minimum Gasteiger partial charge on any atom is -0.480 e. The van der Waals surface area contributed by atoms with Gasteiger partial charge in [0.15, 0.2) is 0 Å². The first-order chi connectivity index (χ1) is 5.61. The van der Waals surface area contributed by atoms with Crippen molar-refractivity contribution in [1.29, 1.82) is 0 Å². The zero-order valence-electron chi connectivity index (χ0n) is 7.12. The summed E-state index contributed by atoms with van der Waals surface area (Å²) in [7, 11) is 0. The number of carbonyl (C=O) groups is 2. The molecule has 0 saturated carbocycles. The summed E-state index contributed by atoms with van der Waals surface area (Å²) in [5.74, 6) is -1.34. The van der Waals surface area contributed by atoms with E-state index in [-0.39, 0.29) is 12.5 Å². The van der Waals surface area contributed by atoms with Gasteiger partial charge in [-0.25, -0.2) is 0 Å². The molecule has 0 aromatic heterocycles. The summed E-state index contributed by atoms with van der Waals surface area (Å²) in [5.41, 5.74) is 0. The van der Waals surface area contributed by atoms with E-state index < -0.39 is 5.97 Å². The highest BCUT2D eigenvalue weighted by atomic mass is 16.4. The van der Waals surface area contributed by atoms with Crippen LogP contribution in [0, 0.1) is 0 Å². The molecule has 0 rings (SSSR count). The molecule has 0 heterocycles. The maximum atomic E-state index is 11.0. The van der Waals surface area contributed by atoms with Crippen LogP contribution in [0.5, 0.6) is 0 Å². The highest BCUT2D eigenvalue weighted by Gasteiger charge is 2.11. The van der Waals surface area contributed by atoms with Gasteiger partial charge in [0.05, 0.1) is 0 Å². The third-order valence-corrected chi connectivity index (χ3v) is 1.31. The molecule has 12 heavy (non-hydrogen) atoms. The molecule has 0 unspecified atom stereocenters. The van der Waals surface area contributed by atoms with Gasteiger partial charge >= 0.3 is 5.97 Å². The van der Waals surface area contributed by atoms with Gasteiger partial charge in [-0.1, -0.05) is 13.5 Å². The van der Waals surface area contributed by atoms with E-state index in [1.165, 1.54) is 4.90 Å². The summed E-state index contributed by atoms with van der Waals surface area (Å²) >= 11 is 0. The molecule has 0 aliphatic rings. The summed E-state index contributed by atoms with van der Waals surface area (Å²) in [5, 5.41) is 8.43. The Morgan fingerprint density at radius 3 is 2.50 bits per heavy atom. The maximum absolute atomic E-state index is 11.0. The number of carbonyl (C=O) groups excluding carboxylic acids is 1. The van der Waals surface area contributed by atoms with Crippen LogP contribution in [0.2, 0.25) is 0 Å². The average Bonchev–Trinajstić information content (AvgIpc) is 2.01. The molecule has 0 fully saturated rings. The summed E-state index contributed by atoms with van der Waals surface area (Å²) in [6.45, 7) is 5.37. The first-order valence-corrected chi connectivity index (χ1v) is 3.75. The van der Waals surface area contributed by atoms with Crippen molar-refractivity contribution in [3.8, 4) is 0 Å². The van der Waals surface area contributed by atoms with E-state index in [2.05, 4.69) is 6.58 Å². The van der Waals surface area contributed by atoms with Crippen LogP contribution in [-0.2, 0) is 9.59 Å². The molecule has 0 spiro atoms. The molecular weight excluding hydrogens is 158 g/mol. The third-order valence-electron chi connectivity index (χ3n) is 1.31. The number of aliphatic carboxylic acids is 1. The largest absolute Gasteiger partial charge is 0.480 e. The SMILES string of the molecule is C=CC(=O)N(CCC)CC(=O)O. The van der Waals surface area contributed by atoms with E-state index in [9.17, 15) is 9.59 Å². The number of hydrogen-bond acceptors (Lipinski definition) is 2. The average molecular weight is 171 g/mol. The van der Waals surface area contributed by atoms with Crippen LogP contribution in [0.4, 0.5) is 0 Å². The lowest BCUT2D eigenvalue weighted by Crippen LogP contribution is -2.34. The first-order valence-electron chi connectivity index (χ1n) is 3.75. The van der Waals surface area contributed by atoms with Gasteiger partial charge in [-0.3, -0.25) is 9.59 Å². The van der Waals surface area contributed by atoms with Crippen molar-refractivity contribution in [3.05, 3.63) is 12.7 Å². The zero-order valence-corrected chi connectivity index (χ0v) is 7.12. The standard InChI is InChI=1S/C8H13NO3/c1-3-5-9(6-8(11)12)7(10)4-2/h4H,2-3,5-6H2,1H3,(H,11,12). The van der Waals surface area contributed by atoms with E-state index in [1.807, 2.05) is 6.92 Å². The van der Waals surface area contributed by atoms with Gasteiger partial charge in [0.1, 0.15) is 6.54 Å². The second kappa shape index (κ2) is 5.35. The number of carboxylic acids is 1. The molecule has 0 aliphatic carbocycles. The summed E-state index contributed by atoms with van der Waals surface area (Å²) in [6, 6.07) is 0. The van der Waals surface area contributed by atoms with Crippen LogP contribution in [0.1, 0.15) is 13.3 Å². The normalized spacial score (nSPS) is 9.08. The van der Waals surface area contributed by atoms with Gasteiger partial charge in [0.25, 0.3) is 0 Å². The molecular formula is C8H13NO3. The Morgan fingerprint density at radius 1 is 1.58 bits per heavy atom. The fourth-order valence-corrected chi connectivity index (χ4v) is 0.829. The fourth-order valence-electron chi connectivity index (χ4n) is 0.829. The lowest BCUT2D eigenvalue weighted by molar-refractivity contribution is -0.142. The molecule has 0 atom stereocenters. The van der Waals surface area contributed by atoms with E-state index in [0.29, 0.717) is 6.54 Å². The van der Waals surface area contributed by atoms with Crippen LogP contribution < -0.4 is 0 Å². The van der Waals surface area contributed by atoms with Gasteiger partial charge in [-0.2, -0.15) is 0 Å². The number of carboxylic acid groups (broad SMARTS) is 1. The van der Waals surface area contributed by atoms with Crippen LogP contribution >= 0.6 is 0 Å². The van der Waals surface area contributed by atoms with Gasteiger partial charge < -0.3 is 10.0 Å². The highest BCUT2D eigenvalue weighted by molar-refractivity contribution is 5.89. The topological polar surface area (TPSA) is 57.6 Å². The van der Waals surface area contributed by atoms with E-state index in [1.54, 1.807) is 0 Å². The number of nitrogens with zero attached hydrogens (tertiary/aromatic N) is 1. The Hall–Kier alpha value is -1.32. The van der Waals surface area contributed by atoms with Crippen molar-refractivity contribution in [2.45, 2.75) is 13.3 Å². The van der Waals surface area contributed by atoms with Gasteiger partial charge in [-0.05, 0) is 12.5 Å². The van der Waals surface area contributed by atoms with Crippen molar-refractivity contribution in [2.75, 3.05) is 13.1 Å². The van der Waals surface area contributed by atoms with Crippen LogP contribution in [0.25, 0.3) is 0 Å².